The number of aryl methyl sites for hydroxylation is 3. The third kappa shape index (κ3) is 4.31. The molecule has 31 heavy (non-hydrogen) atoms. The van der Waals surface area contributed by atoms with Crippen LogP contribution < -0.4 is 11.2 Å². The quantitative estimate of drug-likeness (QED) is 0.308. The van der Waals surface area contributed by atoms with Crippen LogP contribution >= 0.6 is 11.6 Å². The van der Waals surface area contributed by atoms with E-state index in [1.807, 2.05) is 14.0 Å². The van der Waals surface area contributed by atoms with Crippen molar-refractivity contribution in [3.8, 4) is 11.5 Å². The highest BCUT2D eigenvalue weighted by molar-refractivity contribution is 6.28. The van der Waals surface area contributed by atoms with Crippen LogP contribution in [-0.4, -0.2) is 39.0 Å². The molecule has 0 bridgehead atoms. The number of unbranched alkanes of at least 4 members (excludes halogenated alkanes) is 2. The molecule has 11 nitrogen and oxygen atoms in total. The summed E-state index contributed by atoms with van der Waals surface area (Å²) in [4.78, 5) is 37.0. The van der Waals surface area contributed by atoms with Crippen LogP contribution in [0.15, 0.2) is 26.5 Å². The van der Waals surface area contributed by atoms with Gasteiger partial charge in [0.05, 0.1) is 11.8 Å². The summed E-state index contributed by atoms with van der Waals surface area (Å²) in [5.41, 5.74) is 0.532. The fourth-order valence-corrected chi connectivity index (χ4v) is 3.59. The molecule has 0 spiro atoms. The lowest BCUT2D eigenvalue weighted by Gasteiger charge is -2.10. The molecule has 0 saturated heterocycles. The van der Waals surface area contributed by atoms with E-state index in [0.29, 0.717) is 43.2 Å². The molecular formula is C19H23ClN8O3. The molecule has 0 amide bonds. The number of rotatable bonds is 9. The highest BCUT2D eigenvalue weighted by Gasteiger charge is 2.17. The predicted molar refractivity (Wildman–Crippen MR) is 114 cm³/mol. The highest BCUT2D eigenvalue weighted by Crippen LogP contribution is 2.16. The molecule has 0 radical (unpaired) electrons. The van der Waals surface area contributed by atoms with Crippen molar-refractivity contribution in [3.63, 3.8) is 0 Å². The Morgan fingerprint density at radius 3 is 2.68 bits per heavy atom. The SMILES string of the molecule is CCCCn1c(=O)n(CCCCc2noc(-c3cnn(C)c3)n2)c(=O)c2[nH]c(Cl)nc21. The predicted octanol–water partition coefficient (Wildman–Crippen LogP) is 2.15. The van der Waals surface area contributed by atoms with Gasteiger partial charge < -0.3 is 9.51 Å². The second kappa shape index (κ2) is 8.88. The number of H-pyrrole nitrogens is 1. The number of aromatic amines is 1. The summed E-state index contributed by atoms with van der Waals surface area (Å²) in [6, 6.07) is 0. The maximum absolute atomic E-state index is 12.9. The van der Waals surface area contributed by atoms with Crippen LogP contribution in [0, 0.1) is 0 Å². The minimum atomic E-state index is -0.412. The van der Waals surface area contributed by atoms with E-state index in [0.717, 1.165) is 18.4 Å². The monoisotopic (exact) mass is 446 g/mol. The van der Waals surface area contributed by atoms with Gasteiger partial charge in [0.25, 0.3) is 11.4 Å². The Labute approximate surface area is 181 Å². The number of halogens is 1. The van der Waals surface area contributed by atoms with Gasteiger partial charge in [-0.05, 0) is 30.9 Å². The Balaban J connectivity index is 1.46. The van der Waals surface area contributed by atoms with Crippen molar-refractivity contribution in [2.75, 3.05) is 0 Å². The molecule has 0 aliphatic rings. The molecule has 0 atom stereocenters. The average molecular weight is 447 g/mol. The zero-order valence-electron chi connectivity index (χ0n) is 17.3. The number of aromatic nitrogens is 8. The van der Waals surface area contributed by atoms with Crippen molar-refractivity contribution >= 4 is 22.8 Å². The van der Waals surface area contributed by atoms with Gasteiger partial charge in [-0.2, -0.15) is 15.1 Å². The lowest BCUT2D eigenvalue weighted by molar-refractivity contribution is 0.420. The highest BCUT2D eigenvalue weighted by atomic mass is 35.5. The minimum Gasteiger partial charge on any atom is -0.334 e. The topological polar surface area (TPSA) is 129 Å². The summed E-state index contributed by atoms with van der Waals surface area (Å²) in [5.74, 6) is 0.988. The van der Waals surface area contributed by atoms with E-state index in [1.54, 1.807) is 17.1 Å². The van der Waals surface area contributed by atoms with E-state index < -0.39 is 5.56 Å². The molecule has 0 aliphatic carbocycles. The zero-order chi connectivity index (χ0) is 22.0. The van der Waals surface area contributed by atoms with Gasteiger partial charge in [-0.25, -0.2) is 4.79 Å². The lowest BCUT2D eigenvalue weighted by atomic mass is 10.2. The molecular weight excluding hydrogens is 424 g/mol. The first-order valence-electron chi connectivity index (χ1n) is 10.2. The van der Waals surface area contributed by atoms with E-state index in [9.17, 15) is 9.59 Å². The molecule has 4 aromatic heterocycles. The molecule has 0 aromatic carbocycles. The standard InChI is InChI=1S/C19H23ClN8O3/c1-3-4-8-27-15-14(23-18(20)24-15)17(29)28(19(27)30)9-6-5-7-13-22-16(31-25-13)12-10-21-26(2)11-12/h10-11H,3-9H2,1-2H3,(H,23,24). The molecule has 0 aliphatic heterocycles. The first-order valence-corrected chi connectivity index (χ1v) is 10.6. The second-order valence-corrected chi connectivity index (χ2v) is 7.70. The Kier molecular flexibility index (Phi) is 6.03. The fourth-order valence-electron chi connectivity index (χ4n) is 3.41. The molecule has 1 N–H and O–H groups in total. The fraction of sp³-hybridized carbons (Fsp3) is 0.474. The molecule has 12 heteroatoms. The minimum absolute atomic E-state index is 0.0935. The van der Waals surface area contributed by atoms with Crippen molar-refractivity contribution in [1.29, 1.82) is 0 Å². The molecule has 0 fully saturated rings. The summed E-state index contributed by atoms with van der Waals surface area (Å²) in [5, 5.41) is 8.17. The van der Waals surface area contributed by atoms with Crippen LogP contribution in [0.4, 0.5) is 0 Å². The van der Waals surface area contributed by atoms with Crippen molar-refractivity contribution in [2.45, 2.75) is 52.1 Å². The summed E-state index contributed by atoms with van der Waals surface area (Å²) in [7, 11) is 1.81. The third-order valence-electron chi connectivity index (χ3n) is 5.02. The van der Waals surface area contributed by atoms with Crippen molar-refractivity contribution in [2.24, 2.45) is 7.05 Å². The summed E-state index contributed by atoms with van der Waals surface area (Å²) >= 11 is 5.95. The van der Waals surface area contributed by atoms with Crippen LogP contribution in [0.1, 0.15) is 38.4 Å². The molecule has 4 rings (SSSR count). The summed E-state index contributed by atoms with van der Waals surface area (Å²) in [6.45, 7) is 2.80. The van der Waals surface area contributed by atoms with Gasteiger partial charge in [0.2, 0.25) is 5.28 Å². The number of hydrogen-bond acceptors (Lipinski definition) is 7. The van der Waals surface area contributed by atoms with Gasteiger partial charge in [-0.3, -0.25) is 18.6 Å². The van der Waals surface area contributed by atoms with Gasteiger partial charge in [-0.1, -0.05) is 18.5 Å². The van der Waals surface area contributed by atoms with Crippen LogP contribution in [-0.2, 0) is 26.6 Å². The lowest BCUT2D eigenvalue weighted by Crippen LogP contribution is -2.40. The van der Waals surface area contributed by atoms with E-state index >= 15 is 0 Å². The van der Waals surface area contributed by atoms with Crippen LogP contribution in [0.5, 0.6) is 0 Å². The normalized spacial score (nSPS) is 11.6. The first-order chi connectivity index (χ1) is 15.0. The summed E-state index contributed by atoms with van der Waals surface area (Å²) < 4.78 is 9.69. The average Bonchev–Trinajstić information content (AvgIpc) is 3.47. The molecule has 164 valence electrons. The van der Waals surface area contributed by atoms with Gasteiger partial charge in [-0.15, -0.1) is 0 Å². The van der Waals surface area contributed by atoms with Gasteiger partial charge in [0.15, 0.2) is 17.0 Å². The van der Waals surface area contributed by atoms with Gasteiger partial charge >= 0.3 is 5.69 Å². The zero-order valence-corrected chi connectivity index (χ0v) is 18.1. The van der Waals surface area contributed by atoms with Gasteiger partial charge in [0, 0.05) is 32.8 Å². The third-order valence-corrected chi connectivity index (χ3v) is 5.20. The Morgan fingerprint density at radius 1 is 1.13 bits per heavy atom. The number of nitrogens with one attached hydrogen (secondary N) is 1. The van der Waals surface area contributed by atoms with E-state index in [2.05, 4.69) is 25.2 Å². The molecule has 0 unspecified atom stereocenters. The molecule has 4 heterocycles. The largest absolute Gasteiger partial charge is 0.334 e. The van der Waals surface area contributed by atoms with E-state index in [-0.39, 0.29) is 23.0 Å². The van der Waals surface area contributed by atoms with Crippen LogP contribution in [0.2, 0.25) is 5.28 Å². The van der Waals surface area contributed by atoms with Crippen LogP contribution in [0.3, 0.4) is 0 Å². The summed E-state index contributed by atoms with van der Waals surface area (Å²) in [6.07, 6.45) is 7.03. The van der Waals surface area contributed by atoms with Crippen LogP contribution in [0.25, 0.3) is 22.6 Å². The maximum Gasteiger partial charge on any atom is 0.332 e. The maximum atomic E-state index is 12.9. The van der Waals surface area contributed by atoms with Gasteiger partial charge in [0.1, 0.15) is 0 Å². The first kappa shape index (κ1) is 21.0. The van der Waals surface area contributed by atoms with Crippen molar-refractivity contribution in [1.82, 2.24) is 39.0 Å². The number of hydrogen-bond donors (Lipinski definition) is 1. The molecule has 0 saturated carbocycles. The smallest absolute Gasteiger partial charge is 0.332 e. The Hall–Kier alpha value is -3.21. The van der Waals surface area contributed by atoms with Crippen molar-refractivity contribution < 1.29 is 4.52 Å². The second-order valence-electron chi connectivity index (χ2n) is 7.35. The molecule has 4 aromatic rings. The number of nitrogens with zero attached hydrogens (tertiary/aromatic N) is 7. The Bertz CT molecular complexity index is 1310. The number of fused-ring (bicyclic) bond motifs is 1. The Morgan fingerprint density at radius 2 is 1.94 bits per heavy atom. The van der Waals surface area contributed by atoms with E-state index in [4.69, 9.17) is 16.1 Å². The van der Waals surface area contributed by atoms with E-state index in [1.165, 1.54) is 9.13 Å². The number of imidazole rings is 1. The van der Waals surface area contributed by atoms with Crippen molar-refractivity contribution in [3.05, 3.63) is 44.3 Å².